The Morgan fingerprint density at radius 2 is 1.81 bits per heavy atom. The van der Waals surface area contributed by atoms with E-state index in [4.69, 9.17) is 44.3 Å². The van der Waals surface area contributed by atoms with Gasteiger partial charge in [0.2, 0.25) is 0 Å². The second-order valence-corrected chi connectivity index (χ2v) is 6.67. The molecule has 0 radical (unpaired) electrons. The molecule has 3 aromatic rings. The second-order valence-electron chi connectivity index (χ2n) is 5.45. The number of aromatic amines is 1. The number of H-pyrrole nitrogens is 1. The van der Waals surface area contributed by atoms with Crippen LogP contribution in [0.4, 0.5) is 5.95 Å². The van der Waals surface area contributed by atoms with Gasteiger partial charge in [0.25, 0.3) is 5.95 Å². The zero-order valence-electron chi connectivity index (χ0n) is 14.3. The van der Waals surface area contributed by atoms with Gasteiger partial charge in [0, 0.05) is 17.6 Å². The van der Waals surface area contributed by atoms with Crippen molar-refractivity contribution in [2.45, 2.75) is 20.1 Å². The van der Waals surface area contributed by atoms with Crippen molar-refractivity contribution in [1.82, 2.24) is 20.6 Å². The molecule has 2 aromatic carbocycles. The van der Waals surface area contributed by atoms with Gasteiger partial charge >= 0.3 is 0 Å². The standard InChI is InChI=1S/C17H16Cl3N5O2/c1-2-26-15-6-11(8-21-17-22-24-25-23-17)13(19)7-16(15)27-9-10-3-4-12(18)14(20)5-10/h3-7H,2,8-9H2,1H3,(H2,21,22,23,24,25). The molecule has 7 nitrogen and oxygen atoms in total. The summed E-state index contributed by atoms with van der Waals surface area (Å²) in [5, 5.41) is 18.0. The van der Waals surface area contributed by atoms with Crippen molar-refractivity contribution in [3.8, 4) is 11.5 Å². The van der Waals surface area contributed by atoms with E-state index >= 15 is 0 Å². The molecule has 0 saturated carbocycles. The molecule has 27 heavy (non-hydrogen) atoms. The number of hydrogen-bond donors (Lipinski definition) is 2. The first kappa shape index (κ1) is 19.5. The highest BCUT2D eigenvalue weighted by molar-refractivity contribution is 6.42. The van der Waals surface area contributed by atoms with Crippen LogP contribution in [0, 0.1) is 0 Å². The SMILES string of the molecule is CCOc1cc(CNc2nn[nH]n2)c(Cl)cc1OCc1ccc(Cl)c(Cl)c1. The number of aromatic nitrogens is 4. The predicted octanol–water partition coefficient (Wildman–Crippen LogP) is 4.75. The maximum atomic E-state index is 6.39. The largest absolute Gasteiger partial charge is 0.490 e. The van der Waals surface area contributed by atoms with E-state index in [0.29, 0.717) is 52.3 Å². The molecule has 0 aliphatic rings. The lowest BCUT2D eigenvalue weighted by Gasteiger charge is -2.15. The Morgan fingerprint density at radius 1 is 1.00 bits per heavy atom. The lowest BCUT2D eigenvalue weighted by Crippen LogP contribution is -2.05. The fourth-order valence-electron chi connectivity index (χ4n) is 2.30. The van der Waals surface area contributed by atoms with Crippen molar-refractivity contribution < 1.29 is 9.47 Å². The minimum absolute atomic E-state index is 0.299. The number of tetrazole rings is 1. The van der Waals surface area contributed by atoms with Gasteiger partial charge in [-0.05, 0) is 41.5 Å². The van der Waals surface area contributed by atoms with Crippen molar-refractivity contribution >= 4 is 40.8 Å². The average Bonchev–Trinajstić information content (AvgIpc) is 3.17. The minimum Gasteiger partial charge on any atom is -0.490 e. The molecule has 0 aliphatic carbocycles. The Morgan fingerprint density at radius 3 is 2.52 bits per heavy atom. The van der Waals surface area contributed by atoms with Crippen LogP contribution >= 0.6 is 34.8 Å². The van der Waals surface area contributed by atoms with Gasteiger partial charge in [0.15, 0.2) is 11.5 Å². The molecule has 0 unspecified atom stereocenters. The Kier molecular flexibility index (Phi) is 6.60. The Labute approximate surface area is 170 Å². The van der Waals surface area contributed by atoms with Gasteiger partial charge in [-0.2, -0.15) is 5.21 Å². The summed E-state index contributed by atoms with van der Waals surface area (Å²) in [5.74, 6) is 1.51. The van der Waals surface area contributed by atoms with E-state index in [-0.39, 0.29) is 0 Å². The van der Waals surface area contributed by atoms with Gasteiger partial charge in [0.05, 0.1) is 16.7 Å². The van der Waals surface area contributed by atoms with Crippen LogP contribution in [0.3, 0.4) is 0 Å². The van der Waals surface area contributed by atoms with Crippen molar-refractivity contribution in [2.24, 2.45) is 0 Å². The summed E-state index contributed by atoms with van der Waals surface area (Å²) < 4.78 is 11.6. The monoisotopic (exact) mass is 427 g/mol. The van der Waals surface area contributed by atoms with Crippen molar-refractivity contribution in [2.75, 3.05) is 11.9 Å². The number of benzene rings is 2. The normalized spacial score (nSPS) is 10.7. The number of rotatable bonds is 8. The zero-order valence-corrected chi connectivity index (χ0v) is 16.6. The highest BCUT2D eigenvalue weighted by Crippen LogP contribution is 2.35. The van der Waals surface area contributed by atoms with Gasteiger partial charge in [-0.25, -0.2) is 0 Å². The van der Waals surface area contributed by atoms with Crippen LogP contribution in [0.5, 0.6) is 11.5 Å². The van der Waals surface area contributed by atoms with Crippen molar-refractivity contribution in [1.29, 1.82) is 0 Å². The fraction of sp³-hybridized carbons (Fsp3) is 0.235. The van der Waals surface area contributed by atoms with Crippen molar-refractivity contribution in [3.05, 3.63) is 56.5 Å². The zero-order chi connectivity index (χ0) is 19.2. The van der Waals surface area contributed by atoms with E-state index in [9.17, 15) is 0 Å². The summed E-state index contributed by atoms with van der Waals surface area (Å²) in [6.45, 7) is 3.09. The number of hydrogen-bond acceptors (Lipinski definition) is 6. The maximum absolute atomic E-state index is 6.39. The Balaban J connectivity index is 1.75. The molecule has 0 amide bonds. The molecular formula is C17H16Cl3N5O2. The molecule has 1 heterocycles. The molecule has 142 valence electrons. The molecule has 2 N–H and O–H groups in total. The molecule has 0 atom stereocenters. The van der Waals surface area contributed by atoms with Crippen LogP contribution in [0.15, 0.2) is 30.3 Å². The number of nitrogens with one attached hydrogen (secondary N) is 2. The van der Waals surface area contributed by atoms with E-state index < -0.39 is 0 Å². The summed E-state index contributed by atoms with van der Waals surface area (Å²) in [6.07, 6.45) is 0. The lowest BCUT2D eigenvalue weighted by molar-refractivity contribution is 0.269. The van der Waals surface area contributed by atoms with E-state index in [0.717, 1.165) is 11.1 Å². The van der Waals surface area contributed by atoms with E-state index in [1.165, 1.54) is 0 Å². The topological polar surface area (TPSA) is 85.0 Å². The van der Waals surface area contributed by atoms with Gasteiger partial charge < -0.3 is 14.8 Å². The lowest BCUT2D eigenvalue weighted by atomic mass is 10.2. The number of halogens is 3. The first-order valence-corrected chi connectivity index (χ1v) is 9.19. The molecule has 0 bridgehead atoms. The maximum Gasteiger partial charge on any atom is 0.263 e. The highest BCUT2D eigenvalue weighted by atomic mass is 35.5. The Hall–Kier alpha value is -2.22. The molecule has 0 saturated heterocycles. The van der Waals surface area contributed by atoms with Gasteiger partial charge in [0.1, 0.15) is 6.61 Å². The molecule has 3 rings (SSSR count). The van der Waals surface area contributed by atoms with Crippen LogP contribution in [-0.2, 0) is 13.2 Å². The first-order valence-electron chi connectivity index (χ1n) is 8.06. The minimum atomic E-state index is 0.299. The van der Waals surface area contributed by atoms with Gasteiger partial charge in [-0.1, -0.05) is 46.0 Å². The number of anilines is 1. The summed E-state index contributed by atoms with van der Waals surface area (Å²) in [4.78, 5) is 0. The number of ether oxygens (including phenoxy) is 2. The van der Waals surface area contributed by atoms with E-state index in [1.807, 2.05) is 19.1 Å². The van der Waals surface area contributed by atoms with Gasteiger partial charge in [-0.3, -0.25) is 0 Å². The molecule has 0 fully saturated rings. The molecule has 0 spiro atoms. The van der Waals surface area contributed by atoms with Crippen LogP contribution in [0.25, 0.3) is 0 Å². The predicted molar refractivity (Wildman–Crippen MR) is 105 cm³/mol. The molecule has 10 heteroatoms. The van der Waals surface area contributed by atoms with Crippen LogP contribution in [0.1, 0.15) is 18.1 Å². The van der Waals surface area contributed by atoms with Crippen LogP contribution in [-0.4, -0.2) is 27.2 Å². The summed E-state index contributed by atoms with van der Waals surface area (Å²) in [5.41, 5.74) is 1.69. The van der Waals surface area contributed by atoms with Gasteiger partial charge in [-0.15, -0.1) is 5.10 Å². The first-order chi connectivity index (χ1) is 13.1. The highest BCUT2D eigenvalue weighted by Gasteiger charge is 2.12. The summed E-state index contributed by atoms with van der Waals surface area (Å²) in [7, 11) is 0. The quantitative estimate of drug-likeness (QED) is 0.538. The van der Waals surface area contributed by atoms with E-state index in [1.54, 1.807) is 18.2 Å². The Bertz CT molecular complexity index is 906. The van der Waals surface area contributed by atoms with E-state index in [2.05, 4.69) is 25.9 Å². The second kappa shape index (κ2) is 9.12. The van der Waals surface area contributed by atoms with Crippen LogP contribution < -0.4 is 14.8 Å². The summed E-state index contributed by atoms with van der Waals surface area (Å²) in [6, 6.07) is 8.88. The summed E-state index contributed by atoms with van der Waals surface area (Å²) >= 11 is 18.4. The third kappa shape index (κ3) is 5.15. The third-order valence-corrected chi connectivity index (χ3v) is 4.66. The molecular weight excluding hydrogens is 413 g/mol. The van der Waals surface area contributed by atoms with Crippen molar-refractivity contribution in [3.63, 3.8) is 0 Å². The fourth-order valence-corrected chi connectivity index (χ4v) is 2.84. The number of nitrogens with zero attached hydrogens (tertiary/aromatic N) is 3. The molecule has 0 aliphatic heterocycles. The molecule has 1 aromatic heterocycles. The van der Waals surface area contributed by atoms with Crippen LogP contribution in [0.2, 0.25) is 15.1 Å². The average molecular weight is 429 g/mol. The smallest absolute Gasteiger partial charge is 0.263 e. The third-order valence-electron chi connectivity index (χ3n) is 3.57.